The van der Waals surface area contributed by atoms with Crippen molar-refractivity contribution in [2.24, 2.45) is 0 Å². The zero-order chi connectivity index (χ0) is 41.4. The molecule has 8 heteroatoms. The number of quaternary nitrogens is 1. The Morgan fingerprint density at radius 2 is 1.00 bits per heavy atom. The number of esters is 2. The van der Waals surface area contributed by atoms with Crippen molar-refractivity contribution in [2.75, 3.05) is 41.0 Å². The van der Waals surface area contributed by atoms with Crippen LogP contribution >= 0.6 is 0 Å². The van der Waals surface area contributed by atoms with Crippen LogP contribution in [0.15, 0.2) is 36.5 Å². The van der Waals surface area contributed by atoms with Crippen LogP contribution in [0.1, 0.15) is 200 Å². The third-order valence-electron chi connectivity index (χ3n) is 10.4. The number of nitrogens with zero attached hydrogens (tertiary/aromatic N) is 1. The van der Waals surface area contributed by atoms with Crippen LogP contribution in [0.5, 0.6) is 0 Å². The molecule has 0 saturated heterocycles. The highest BCUT2D eigenvalue weighted by molar-refractivity contribution is 5.72. The molecule has 1 N–H and O–H groups in total. The number of hydrogen-bond donors (Lipinski definition) is 1. The van der Waals surface area contributed by atoms with Gasteiger partial charge >= 0.3 is 17.9 Å². The molecule has 0 rings (SSSR count). The molecule has 0 heterocycles. The topological polar surface area (TPSA) is 99.1 Å². The molecule has 8 nitrogen and oxygen atoms in total. The van der Waals surface area contributed by atoms with Crippen molar-refractivity contribution < 1.29 is 38.2 Å². The standard InChI is InChI=1S/C48H87NO7/c1-6-8-10-12-14-16-18-20-21-22-23-24-25-27-28-30-32-34-36-38-46(50)55-43-44(42-54-41-40-45(48(52)53)49(3,4)5)56-47(51)39-37-35-33-31-29-26-19-17-15-13-11-9-7-2/h9,11,13,15,17,19,44-45H,6-8,10,12,14,16,18,20-43H2,1-5H3/p+1/b11-9+,15-13+,19-17+. The summed E-state index contributed by atoms with van der Waals surface area (Å²) in [6.07, 6.45) is 44.8. The number of rotatable bonds is 41. The van der Waals surface area contributed by atoms with Crippen molar-refractivity contribution >= 4 is 17.9 Å². The maximum atomic E-state index is 12.7. The first-order chi connectivity index (χ1) is 27.1. The molecule has 2 unspecified atom stereocenters. The van der Waals surface area contributed by atoms with E-state index in [0.717, 1.165) is 64.2 Å². The van der Waals surface area contributed by atoms with Gasteiger partial charge in [0.1, 0.15) is 6.61 Å². The monoisotopic (exact) mass is 791 g/mol. The highest BCUT2D eigenvalue weighted by Gasteiger charge is 2.31. The number of carbonyl (C=O) groups excluding carboxylic acids is 2. The Morgan fingerprint density at radius 1 is 0.554 bits per heavy atom. The molecule has 326 valence electrons. The summed E-state index contributed by atoms with van der Waals surface area (Å²) in [4.78, 5) is 37.0. The molecule has 2 atom stereocenters. The van der Waals surface area contributed by atoms with E-state index in [0.29, 0.717) is 19.3 Å². The highest BCUT2D eigenvalue weighted by atomic mass is 16.6. The number of carbonyl (C=O) groups is 3. The first-order valence-electron chi connectivity index (χ1n) is 23.1. The molecular weight excluding hydrogens is 703 g/mol. The highest BCUT2D eigenvalue weighted by Crippen LogP contribution is 2.16. The van der Waals surface area contributed by atoms with E-state index in [4.69, 9.17) is 14.2 Å². The number of unbranched alkanes of at least 4 members (excludes halogenated alkanes) is 23. The van der Waals surface area contributed by atoms with Crippen LogP contribution in [0.4, 0.5) is 0 Å². The molecule has 56 heavy (non-hydrogen) atoms. The summed E-state index contributed by atoms with van der Waals surface area (Å²) in [5.41, 5.74) is 0. The molecular formula is C48H88NO7+. The molecule has 0 aliphatic carbocycles. The molecule has 0 saturated carbocycles. The number of carboxylic acid groups (broad SMARTS) is 1. The lowest BCUT2D eigenvalue weighted by Crippen LogP contribution is -2.50. The van der Waals surface area contributed by atoms with Gasteiger partial charge in [0.15, 0.2) is 12.1 Å². The SMILES string of the molecule is CC/C=C/C=C/C=C/CCCCCCCC(=O)OC(COCCC(C(=O)O)[N+](C)(C)C)COC(=O)CCCCCCCCCCCCCCCCCCCCC. The average Bonchev–Trinajstić information content (AvgIpc) is 3.15. The van der Waals surface area contributed by atoms with Gasteiger partial charge in [-0.2, -0.15) is 0 Å². The maximum absolute atomic E-state index is 12.7. The zero-order valence-corrected chi connectivity index (χ0v) is 37.1. The molecule has 0 spiro atoms. The van der Waals surface area contributed by atoms with E-state index in [2.05, 4.69) is 44.2 Å². The van der Waals surface area contributed by atoms with Crippen LogP contribution < -0.4 is 0 Å². The lowest BCUT2D eigenvalue weighted by molar-refractivity contribution is -0.887. The molecule has 0 aliphatic rings. The van der Waals surface area contributed by atoms with Crippen molar-refractivity contribution in [3.05, 3.63) is 36.5 Å². The summed E-state index contributed by atoms with van der Waals surface area (Å²) >= 11 is 0. The minimum absolute atomic E-state index is 0.0549. The van der Waals surface area contributed by atoms with Crippen molar-refractivity contribution in [3.63, 3.8) is 0 Å². The molecule has 0 amide bonds. The van der Waals surface area contributed by atoms with Crippen LogP contribution in [0.2, 0.25) is 0 Å². The van der Waals surface area contributed by atoms with Crippen molar-refractivity contribution in [2.45, 2.75) is 212 Å². The minimum atomic E-state index is -0.878. The second kappa shape index (κ2) is 39.4. The first-order valence-corrected chi connectivity index (χ1v) is 23.1. The van der Waals surface area contributed by atoms with E-state index < -0.39 is 18.1 Å². The normalized spacial score (nSPS) is 13.2. The van der Waals surface area contributed by atoms with Gasteiger partial charge in [0.05, 0.1) is 34.4 Å². The lowest BCUT2D eigenvalue weighted by Gasteiger charge is -2.31. The van der Waals surface area contributed by atoms with Gasteiger partial charge in [-0.15, -0.1) is 0 Å². The second-order valence-corrected chi connectivity index (χ2v) is 16.7. The van der Waals surface area contributed by atoms with Crippen molar-refractivity contribution in [1.29, 1.82) is 0 Å². The summed E-state index contributed by atoms with van der Waals surface area (Å²) in [7, 11) is 5.52. The molecule has 0 fully saturated rings. The Hall–Kier alpha value is -2.45. The van der Waals surface area contributed by atoms with E-state index >= 15 is 0 Å². The number of carboxylic acids is 1. The number of allylic oxidation sites excluding steroid dienone is 6. The first kappa shape index (κ1) is 53.6. The van der Waals surface area contributed by atoms with Gasteiger partial charge in [-0.05, 0) is 32.1 Å². The lowest BCUT2D eigenvalue weighted by atomic mass is 10.0. The largest absolute Gasteiger partial charge is 0.477 e. The summed E-state index contributed by atoms with van der Waals surface area (Å²) < 4.78 is 17.3. The van der Waals surface area contributed by atoms with E-state index in [9.17, 15) is 19.5 Å². The Balaban J connectivity index is 4.27. The fourth-order valence-electron chi connectivity index (χ4n) is 6.80. The summed E-state index contributed by atoms with van der Waals surface area (Å²) in [5, 5.41) is 9.62. The third kappa shape index (κ3) is 37.1. The van der Waals surface area contributed by atoms with Crippen molar-refractivity contribution in [1.82, 2.24) is 0 Å². The van der Waals surface area contributed by atoms with Gasteiger partial charge < -0.3 is 23.8 Å². The summed E-state index contributed by atoms with van der Waals surface area (Å²) in [5.74, 6) is -1.49. The second-order valence-electron chi connectivity index (χ2n) is 16.7. The van der Waals surface area contributed by atoms with E-state index in [1.165, 1.54) is 103 Å². The van der Waals surface area contributed by atoms with Crippen LogP contribution in [0, 0.1) is 0 Å². The van der Waals surface area contributed by atoms with Gasteiger partial charge in [-0.1, -0.05) is 185 Å². The minimum Gasteiger partial charge on any atom is -0.477 e. The van der Waals surface area contributed by atoms with Crippen LogP contribution in [-0.4, -0.2) is 80.6 Å². The molecule has 0 aromatic heterocycles. The van der Waals surface area contributed by atoms with Crippen LogP contribution in [0.3, 0.4) is 0 Å². The van der Waals surface area contributed by atoms with E-state index in [-0.39, 0.29) is 36.2 Å². The molecule has 0 radical (unpaired) electrons. The summed E-state index contributed by atoms with van der Waals surface area (Å²) in [6.45, 7) is 4.60. The predicted octanol–water partition coefficient (Wildman–Crippen LogP) is 12.6. The number of aliphatic carboxylic acids is 1. The fraction of sp³-hybridized carbons (Fsp3) is 0.812. The van der Waals surface area contributed by atoms with Gasteiger partial charge in [0.25, 0.3) is 0 Å². The average molecular weight is 791 g/mol. The number of likely N-dealkylation sites (N-methyl/N-ethyl adjacent to an activating group) is 1. The molecule has 0 aliphatic heterocycles. The smallest absolute Gasteiger partial charge is 0.362 e. The third-order valence-corrected chi connectivity index (χ3v) is 10.4. The van der Waals surface area contributed by atoms with Crippen molar-refractivity contribution in [3.8, 4) is 0 Å². The van der Waals surface area contributed by atoms with Gasteiger partial charge in [-0.25, -0.2) is 4.79 Å². The van der Waals surface area contributed by atoms with Crippen LogP contribution in [-0.2, 0) is 28.6 Å². The number of ether oxygens (including phenoxy) is 3. The Labute approximate surface area is 344 Å². The quantitative estimate of drug-likeness (QED) is 0.0285. The fourth-order valence-corrected chi connectivity index (χ4v) is 6.80. The van der Waals surface area contributed by atoms with Crippen LogP contribution in [0.25, 0.3) is 0 Å². The van der Waals surface area contributed by atoms with Gasteiger partial charge in [0.2, 0.25) is 0 Å². The zero-order valence-electron chi connectivity index (χ0n) is 37.1. The maximum Gasteiger partial charge on any atom is 0.362 e. The molecule has 0 bridgehead atoms. The van der Waals surface area contributed by atoms with E-state index in [1.54, 1.807) is 0 Å². The molecule has 0 aromatic rings. The Bertz CT molecular complexity index is 1020. The van der Waals surface area contributed by atoms with E-state index in [1.807, 2.05) is 27.2 Å². The Kier molecular flexibility index (Phi) is 37.7. The molecule has 0 aromatic carbocycles. The predicted molar refractivity (Wildman–Crippen MR) is 234 cm³/mol. The number of hydrogen-bond acceptors (Lipinski definition) is 6. The summed E-state index contributed by atoms with van der Waals surface area (Å²) in [6, 6.07) is -0.617. The van der Waals surface area contributed by atoms with Gasteiger partial charge in [0, 0.05) is 19.3 Å². The van der Waals surface area contributed by atoms with Gasteiger partial charge in [-0.3, -0.25) is 9.59 Å². The Morgan fingerprint density at radius 3 is 1.46 bits per heavy atom.